The zero-order valence-electron chi connectivity index (χ0n) is 9.56. The standard InChI is InChI=1S/C12H22N2O/c1-10-8-14(5-2-6-15-10)9-11-3-4-12(13)7-11/h3-4,10-12H,2,5-9,13H2,1H3. The van der Waals surface area contributed by atoms with Gasteiger partial charge in [0.2, 0.25) is 0 Å². The van der Waals surface area contributed by atoms with Crippen molar-refractivity contribution >= 4 is 0 Å². The Balaban J connectivity index is 1.80. The molecule has 3 atom stereocenters. The van der Waals surface area contributed by atoms with Gasteiger partial charge in [0, 0.05) is 32.3 Å². The van der Waals surface area contributed by atoms with E-state index >= 15 is 0 Å². The molecule has 0 amide bonds. The van der Waals surface area contributed by atoms with Gasteiger partial charge in [0.1, 0.15) is 0 Å². The van der Waals surface area contributed by atoms with Gasteiger partial charge in [0.05, 0.1) is 6.10 Å². The highest BCUT2D eigenvalue weighted by atomic mass is 16.5. The zero-order chi connectivity index (χ0) is 10.7. The molecule has 1 aliphatic carbocycles. The van der Waals surface area contributed by atoms with Gasteiger partial charge >= 0.3 is 0 Å². The maximum Gasteiger partial charge on any atom is 0.0673 e. The van der Waals surface area contributed by atoms with Crippen LogP contribution in [0.5, 0.6) is 0 Å². The van der Waals surface area contributed by atoms with Crippen LogP contribution in [-0.2, 0) is 4.74 Å². The lowest BCUT2D eigenvalue weighted by atomic mass is 10.1. The van der Waals surface area contributed by atoms with Crippen LogP contribution in [0.1, 0.15) is 19.8 Å². The molecule has 0 aromatic rings. The Labute approximate surface area is 92.3 Å². The van der Waals surface area contributed by atoms with Crippen molar-refractivity contribution in [2.24, 2.45) is 11.7 Å². The molecule has 1 saturated heterocycles. The van der Waals surface area contributed by atoms with Gasteiger partial charge < -0.3 is 15.4 Å². The van der Waals surface area contributed by atoms with Crippen molar-refractivity contribution in [1.82, 2.24) is 4.90 Å². The van der Waals surface area contributed by atoms with Crippen LogP contribution in [0.4, 0.5) is 0 Å². The van der Waals surface area contributed by atoms with Crippen molar-refractivity contribution < 1.29 is 4.74 Å². The number of hydrogen-bond donors (Lipinski definition) is 1. The van der Waals surface area contributed by atoms with Gasteiger partial charge in [-0.3, -0.25) is 0 Å². The minimum Gasteiger partial charge on any atom is -0.377 e. The van der Waals surface area contributed by atoms with Crippen molar-refractivity contribution in [2.75, 3.05) is 26.2 Å². The Kier molecular flexibility index (Phi) is 3.78. The molecule has 3 heteroatoms. The van der Waals surface area contributed by atoms with Crippen LogP contribution in [0, 0.1) is 5.92 Å². The minimum atomic E-state index is 0.288. The van der Waals surface area contributed by atoms with Gasteiger partial charge in [-0.25, -0.2) is 0 Å². The first-order valence-electron chi connectivity index (χ1n) is 6.02. The zero-order valence-corrected chi connectivity index (χ0v) is 9.56. The molecule has 86 valence electrons. The van der Waals surface area contributed by atoms with Crippen molar-refractivity contribution in [3.05, 3.63) is 12.2 Å². The van der Waals surface area contributed by atoms with E-state index in [4.69, 9.17) is 10.5 Å². The molecule has 3 nitrogen and oxygen atoms in total. The molecule has 0 aromatic heterocycles. The molecular formula is C12H22N2O. The highest BCUT2D eigenvalue weighted by molar-refractivity contribution is 5.05. The normalized spacial score (nSPS) is 38.1. The van der Waals surface area contributed by atoms with Gasteiger partial charge in [-0.2, -0.15) is 0 Å². The third-order valence-corrected chi connectivity index (χ3v) is 3.23. The van der Waals surface area contributed by atoms with Crippen molar-refractivity contribution in [3.63, 3.8) is 0 Å². The highest BCUT2D eigenvalue weighted by Crippen LogP contribution is 2.18. The fourth-order valence-electron chi connectivity index (χ4n) is 2.52. The summed E-state index contributed by atoms with van der Waals surface area (Å²) < 4.78 is 5.63. The minimum absolute atomic E-state index is 0.288. The lowest BCUT2D eigenvalue weighted by Crippen LogP contribution is -2.34. The van der Waals surface area contributed by atoms with E-state index in [9.17, 15) is 0 Å². The molecule has 0 saturated carbocycles. The van der Waals surface area contributed by atoms with E-state index in [2.05, 4.69) is 24.0 Å². The van der Waals surface area contributed by atoms with Crippen molar-refractivity contribution in [2.45, 2.75) is 31.9 Å². The Hall–Kier alpha value is -0.380. The van der Waals surface area contributed by atoms with E-state index in [1.807, 2.05) is 0 Å². The van der Waals surface area contributed by atoms with Crippen LogP contribution in [0.3, 0.4) is 0 Å². The molecule has 1 aliphatic heterocycles. The Morgan fingerprint density at radius 3 is 3.07 bits per heavy atom. The summed E-state index contributed by atoms with van der Waals surface area (Å²) in [6, 6.07) is 0.288. The summed E-state index contributed by atoms with van der Waals surface area (Å²) in [4.78, 5) is 2.52. The fraction of sp³-hybridized carbons (Fsp3) is 0.833. The molecule has 0 aromatic carbocycles. The maximum atomic E-state index is 5.86. The van der Waals surface area contributed by atoms with Gasteiger partial charge in [0.15, 0.2) is 0 Å². The number of nitrogens with two attached hydrogens (primary N) is 1. The van der Waals surface area contributed by atoms with Gasteiger partial charge in [-0.15, -0.1) is 0 Å². The topological polar surface area (TPSA) is 38.5 Å². The predicted octanol–water partition coefficient (Wildman–Crippen LogP) is 1.00. The number of rotatable bonds is 2. The first-order valence-corrected chi connectivity index (χ1v) is 6.02. The van der Waals surface area contributed by atoms with E-state index in [1.165, 1.54) is 6.54 Å². The SMILES string of the molecule is CC1CN(CC2C=CC(N)C2)CCCO1. The maximum absolute atomic E-state index is 5.86. The molecular weight excluding hydrogens is 188 g/mol. The van der Waals surface area contributed by atoms with E-state index in [0.717, 1.165) is 32.5 Å². The molecule has 2 aliphatic rings. The summed E-state index contributed by atoms with van der Waals surface area (Å²) in [5.74, 6) is 0.658. The Morgan fingerprint density at radius 2 is 2.33 bits per heavy atom. The van der Waals surface area contributed by atoms with Crippen LogP contribution in [-0.4, -0.2) is 43.3 Å². The van der Waals surface area contributed by atoms with Crippen molar-refractivity contribution in [1.29, 1.82) is 0 Å². The van der Waals surface area contributed by atoms with Crippen LogP contribution >= 0.6 is 0 Å². The monoisotopic (exact) mass is 210 g/mol. The molecule has 0 spiro atoms. The third-order valence-electron chi connectivity index (χ3n) is 3.23. The van der Waals surface area contributed by atoms with Crippen molar-refractivity contribution in [3.8, 4) is 0 Å². The molecule has 2 rings (SSSR count). The van der Waals surface area contributed by atoms with Crippen LogP contribution in [0.15, 0.2) is 12.2 Å². The number of ether oxygens (including phenoxy) is 1. The first-order chi connectivity index (χ1) is 7.24. The smallest absolute Gasteiger partial charge is 0.0673 e. The van der Waals surface area contributed by atoms with Crippen LogP contribution < -0.4 is 5.73 Å². The second kappa shape index (κ2) is 5.10. The van der Waals surface area contributed by atoms with E-state index in [-0.39, 0.29) is 6.04 Å². The number of nitrogens with zero attached hydrogens (tertiary/aromatic N) is 1. The van der Waals surface area contributed by atoms with Gasteiger partial charge in [0.25, 0.3) is 0 Å². The van der Waals surface area contributed by atoms with E-state index in [0.29, 0.717) is 12.0 Å². The van der Waals surface area contributed by atoms with Crippen LogP contribution in [0.2, 0.25) is 0 Å². The average Bonchev–Trinajstić information content (AvgIpc) is 2.46. The molecule has 0 bridgehead atoms. The molecule has 15 heavy (non-hydrogen) atoms. The summed E-state index contributed by atoms with van der Waals surface area (Å²) in [5.41, 5.74) is 5.86. The second-order valence-corrected chi connectivity index (χ2v) is 4.84. The molecule has 3 unspecified atom stereocenters. The first kappa shape index (κ1) is 11.1. The molecule has 0 radical (unpaired) electrons. The highest BCUT2D eigenvalue weighted by Gasteiger charge is 2.21. The molecule has 1 heterocycles. The summed E-state index contributed by atoms with van der Waals surface area (Å²) in [6.07, 6.45) is 7.08. The summed E-state index contributed by atoms with van der Waals surface area (Å²) in [5, 5.41) is 0. The Bertz CT molecular complexity index is 230. The average molecular weight is 210 g/mol. The van der Waals surface area contributed by atoms with E-state index in [1.54, 1.807) is 0 Å². The second-order valence-electron chi connectivity index (χ2n) is 4.84. The summed E-state index contributed by atoms with van der Waals surface area (Å²) in [7, 11) is 0. The van der Waals surface area contributed by atoms with Gasteiger partial charge in [-0.05, 0) is 25.7 Å². The third kappa shape index (κ3) is 3.30. The Morgan fingerprint density at radius 1 is 1.47 bits per heavy atom. The summed E-state index contributed by atoms with van der Waals surface area (Å²) >= 11 is 0. The van der Waals surface area contributed by atoms with E-state index < -0.39 is 0 Å². The van der Waals surface area contributed by atoms with Gasteiger partial charge in [-0.1, -0.05) is 12.2 Å². The largest absolute Gasteiger partial charge is 0.377 e. The number of hydrogen-bond acceptors (Lipinski definition) is 3. The predicted molar refractivity (Wildman–Crippen MR) is 61.7 cm³/mol. The lowest BCUT2D eigenvalue weighted by Gasteiger charge is -2.24. The quantitative estimate of drug-likeness (QED) is 0.691. The summed E-state index contributed by atoms with van der Waals surface area (Å²) in [6.45, 7) is 6.47. The molecule has 2 N–H and O–H groups in total. The lowest BCUT2D eigenvalue weighted by molar-refractivity contribution is 0.0664. The van der Waals surface area contributed by atoms with Crippen LogP contribution in [0.25, 0.3) is 0 Å². The molecule has 1 fully saturated rings. The fourth-order valence-corrected chi connectivity index (χ4v) is 2.52.